The van der Waals surface area contributed by atoms with Gasteiger partial charge in [-0.2, -0.15) is 0 Å². The predicted molar refractivity (Wildman–Crippen MR) is 87.7 cm³/mol. The lowest BCUT2D eigenvalue weighted by atomic mass is 9.82. The molecule has 1 aromatic carbocycles. The zero-order valence-corrected chi connectivity index (χ0v) is 13.7. The molecule has 2 aromatic rings. The minimum absolute atomic E-state index is 0.0390. The molecule has 2 aliphatic heterocycles. The number of fused-ring (bicyclic) bond motifs is 2. The number of ether oxygens (including phenoxy) is 1. The Morgan fingerprint density at radius 3 is 2.67 bits per heavy atom. The highest BCUT2D eigenvalue weighted by Crippen LogP contribution is 2.46. The summed E-state index contributed by atoms with van der Waals surface area (Å²) in [5.41, 5.74) is 1.40. The number of nitrogens with zero attached hydrogens (tertiary/aromatic N) is 1. The Morgan fingerprint density at radius 1 is 1.25 bits per heavy atom. The van der Waals surface area contributed by atoms with Gasteiger partial charge in [-0.15, -0.1) is 0 Å². The summed E-state index contributed by atoms with van der Waals surface area (Å²) in [7, 11) is 0. The Balaban J connectivity index is 1.89. The van der Waals surface area contributed by atoms with Gasteiger partial charge in [0, 0.05) is 24.8 Å². The molecule has 1 spiro atoms. The first-order valence-corrected chi connectivity index (χ1v) is 8.35. The predicted octanol–water partition coefficient (Wildman–Crippen LogP) is 3.21. The van der Waals surface area contributed by atoms with Crippen molar-refractivity contribution in [3.05, 3.63) is 63.7 Å². The minimum Gasteiger partial charge on any atom is -0.450 e. The lowest BCUT2D eigenvalue weighted by Crippen LogP contribution is -2.40. The van der Waals surface area contributed by atoms with Crippen LogP contribution < -0.4 is 5.32 Å². The van der Waals surface area contributed by atoms with Crippen molar-refractivity contribution in [2.24, 2.45) is 0 Å². The van der Waals surface area contributed by atoms with E-state index < -0.39 is 17.4 Å². The summed E-state index contributed by atoms with van der Waals surface area (Å²) < 4.78 is 20.2. The molecule has 24 heavy (non-hydrogen) atoms. The number of hydrogen-bond donors (Lipinski definition) is 1. The van der Waals surface area contributed by atoms with Crippen LogP contribution in [0.1, 0.15) is 40.0 Å². The van der Waals surface area contributed by atoms with Gasteiger partial charge in [0.2, 0.25) is 0 Å². The van der Waals surface area contributed by atoms with E-state index in [4.69, 9.17) is 16.3 Å². The molecule has 0 aliphatic carbocycles. The fourth-order valence-electron chi connectivity index (χ4n) is 3.64. The standard InChI is InChI=1S/C18H16ClFN2O2/c19-16-15(20)13-14(12(22-16)10-11-4-2-1-3-5-11)18(24-17(13)23)6-8-21-9-7-18/h1-5,21H,6-10H2. The number of hydrogen-bond acceptors (Lipinski definition) is 4. The topological polar surface area (TPSA) is 51.2 Å². The third-order valence-corrected chi connectivity index (χ3v) is 5.00. The van der Waals surface area contributed by atoms with Crippen molar-refractivity contribution in [3.8, 4) is 0 Å². The molecular weight excluding hydrogens is 331 g/mol. The van der Waals surface area contributed by atoms with E-state index in [0.717, 1.165) is 5.56 Å². The molecule has 0 saturated carbocycles. The number of halogens is 2. The highest BCUT2D eigenvalue weighted by atomic mass is 35.5. The minimum atomic E-state index is -0.791. The summed E-state index contributed by atoms with van der Waals surface area (Å²) in [5, 5.41) is 2.97. The van der Waals surface area contributed by atoms with Gasteiger partial charge in [-0.1, -0.05) is 41.9 Å². The number of pyridine rings is 1. The van der Waals surface area contributed by atoms with Crippen LogP contribution in [0.3, 0.4) is 0 Å². The van der Waals surface area contributed by atoms with Gasteiger partial charge in [-0.25, -0.2) is 14.2 Å². The van der Waals surface area contributed by atoms with Gasteiger partial charge in [-0.05, 0) is 18.7 Å². The van der Waals surface area contributed by atoms with Crippen LogP contribution in [0.15, 0.2) is 30.3 Å². The molecule has 3 heterocycles. The summed E-state index contributed by atoms with van der Waals surface area (Å²) in [4.78, 5) is 16.6. The third kappa shape index (κ3) is 2.39. The molecule has 0 bridgehead atoms. The van der Waals surface area contributed by atoms with E-state index in [-0.39, 0.29) is 10.7 Å². The molecule has 0 radical (unpaired) electrons. The van der Waals surface area contributed by atoms with Crippen LogP contribution in [0.5, 0.6) is 0 Å². The van der Waals surface area contributed by atoms with Crippen LogP contribution in [0.4, 0.5) is 4.39 Å². The normalized spacial score (nSPS) is 18.5. The maximum atomic E-state index is 14.5. The fraction of sp³-hybridized carbons (Fsp3) is 0.333. The number of aromatic nitrogens is 1. The second-order valence-corrected chi connectivity index (χ2v) is 6.57. The van der Waals surface area contributed by atoms with Crippen LogP contribution in [0, 0.1) is 5.82 Å². The number of benzene rings is 1. The van der Waals surface area contributed by atoms with E-state index in [1.807, 2.05) is 30.3 Å². The first-order valence-electron chi connectivity index (χ1n) is 7.97. The summed E-state index contributed by atoms with van der Waals surface area (Å²) >= 11 is 5.95. The SMILES string of the molecule is O=C1OC2(CCNCC2)c2c(Cc3ccccc3)nc(Cl)c(F)c21. The van der Waals surface area contributed by atoms with Gasteiger partial charge in [0.15, 0.2) is 11.0 Å². The largest absolute Gasteiger partial charge is 0.450 e. The molecular formula is C18H16ClFN2O2. The molecule has 1 saturated heterocycles. The van der Waals surface area contributed by atoms with E-state index in [0.29, 0.717) is 43.6 Å². The van der Waals surface area contributed by atoms with Gasteiger partial charge in [-0.3, -0.25) is 0 Å². The number of nitrogens with one attached hydrogen (secondary N) is 1. The molecule has 124 valence electrons. The smallest absolute Gasteiger partial charge is 0.342 e. The summed E-state index contributed by atoms with van der Waals surface area (Å²) in [5.74, 6) is -1.41. The fourth-order valence-corrected chi connectivity index (χ4v) is 3.84. The average molecular weight is 347 g/mol. The van der Waals surface area contributed by atoms with E-state index in [1.54, 1.807) is 0 Å². The van der Waals surface area contributed by atoms with Crippen molar-refractivity contribution in [2.75, 3.05) is 13.1 Å². The third-order valence-electron chi connectivity index (χ3n) is 4.75. The first-order chi connectivity index (χ1) is 11.6. The molecule has 1 fully saturated rings. The molecule has 1 aromatic heterocycles. The molecule has 2 aliphatic rings. The molecule has 0 atom stereocenters. The second kappa shape index (κ2) is 5.83. The summed E-state index contributed by atoms with van der Waals surface area (Å²) in [6.45, 7) is 1.42. The summed E-state index contributed by atoms with van der Waals surface area (Å²) in [6, 6.07) is 9.74. The molecule has 0 amide bonds. The van der Waals surface area contributed by atoms with Gasteiger partial charge >= 0.3 is 5.97 Å². The maximum absolute atomic E-state index is 14.5. The first kappa shape index (κ1) is 15.5. The Morgan fingerprint density at radius 2 is 1.96 bits per heavy atom. The van der Waals surface area contributed by atoms with Crippen LogP contribution in [0.25, 0.3) is 0 Å². The van der Waals surface area contributed by atoms with Crippen molar-refractivity contribution in [3.63, 3.8) is 0 Å². The lowest BCUT2D eigenvalue weighted by Gasteiger charge is -2.34. The number of carbonyl (C=O) groups is 1. The van der Waals surface area contributed by atoms with Crippen LogP contribution >= 0.6 is 11.6 Å². The van der Waals surface area contributed by atoms with Crippen LogP contribution in [-0.2, 0) is 16.8 Å². The van der Waals surface area contributed by atoms with E-state index >= 15 is 0 Å². The Labute approximate surface area is 144 Å². The highest BCUT2D eigenvalue weighted by molar-refractivity contribution is 6.30. The van der Waals surface area contributed by atoms with Crippen LogP contribution in [-0.4, -0.2) is 24.0 Å². The zero-order chi connectivity index (χ0) is 16.7. The Bertz CT molecular complexity index is 804. The molecule has 4 nitrogen and oxygen atoms in total. The molecule has 4 rings (SSSR count). The van der Waals surface area contributed by atoms with Crippen molar-refractivity contribution >= 4 is 17.6 Å². The molecule has 0 unspecified atom stereocenters. The number of esters is 1. The van der Waals surface area contributed by atoms with Gasteiger partial charge < -0.3 is 10.1 Å². The van der Waals surface area contributed by atoms with Crippen molar-refractivity contribution in [1.29, 1.82) is 0 Å². The lowest BCUT2D eigenvalue weighted by molar-refractivity contribution is -0.0246. The van der Waals surface area contributed by atoms with Crippen LogP contribution in [0.2, 0.25) is 5.15 Å². The number of carbonyl (C=O) groups excluding carboxylic acids is 1. The van der Waals surface area contributed by atoms with Crippen molar-refractivity contribution in [1.82, 2.24) is 10.3 Å². The second-order valence-electron chi connectivity index (χ2n) is 6.21. The number of rotatable bonds is 2. The Kier molecular flexibility index (Phi) is 3.77. The van der Waals surface area contributed by atoms with Crippen molar-refractivity contribution in [2.45, 2.75) is 24.9 Å². The average Bonchev–Trinajstić information content (AvgIpc) is 2.86. The van der Waals surface area contributed by atoms with E-state index in [2.05, 4.69) is 10.3 Å². The summed E-state index contributed by atoms with van der Waals surface area (Å²) in [6.07, 6.45) is 1.70. The monoisotopic (exact) mass is 346 g/mol. The van der Waals surface area contributed by atoms with Gasteiger partial charge in [0.1, 0.15) is 11.2 Å². The van der Waals surface area contributed by atoms with E-state index in [1.165, 1.54) is 0 Å². The van der Waals surface area contributed by atoms with E-state index in [9.17, 15) is 9.18 Å². The maximum Gasteiger partial charge on any atom is 0.342 e. The molecule has 6 heteroatoms. The van der Waals surface area contributed by atoms with Gasteiger partial charge in [0.25, 0.3) is 0 Å². The quantitative estimate of drug-likeness (QED) is 0.670. The zero-order valence-electron chi connectivity index (χ0n) is 12.9. The van der Waals surface area contributed by atoms with Gasteiger partial charge in [0.05, 0.1) is 5.69 Å². The number of piperidine rings is 1. The Hall–Kier alpha value is -1.98. The molecule has 1 N–H and O–H groups in total. The van der Waals surface area contributed by atoms with Crippen molar-refractivity contribution < 1.29 is 13.9 Å². The highest BCUT2D eigenvalue weighted by Gasteiger charge is 2.50.